The Labute approximate surface area is 211 Å². The first-order valence-electron chi connectivity index (χ1n) is 12.9. The molecule has 2 aromatic carbocycles. The number of aryl methyl sites for hydroxylation is 2. The number of nitrogens with one attached hydrogen (secondary N) is 1. The zero-order chi connectivity index (χ0) is 25.4. The second kappa shape index (κ2) is 9.90. The summed E-state index contributed by atoms with van der Waals surface area (Å²) in [5.41, 5.74) is 3.15. The van der Waals surface area contributed by atoms with Crippen LogP contribution in [0.4, 0.5) is 0 Å². The highest BCUT2D eigenvalue weighted by atomic mass is 16.2. The van der Waals surface area contributed by atoms with Crippen molar-refractivity contribution in [1.29, 1.82) is 0 Å². The van der Waals surface area contributed by atoms with Gasteiger partial charge in [-0.25, -0.2) is 0 Å². The number of nitrogens with zero attached hydrogens (tertiary/aromatic N) is 4. The van der Waals surface area contributed by atoms with E-state index in [1.165, 1.54) is 11.1 Å². The van der Waals surface area contributed by atoms with E-state index < -0.39 is 0 Å². The Morgan fingerprint density at radius 3 is 2.47 bits per heavy atom. The van der Waals surface area contributed by atoms with Gasteiger partial charge in [0.2, 0.25) is 0 Å². The summed E-state index contributed by atoms with van der Waals surface area (Å²) in [6.07, 6.45) is 2.16. The van der Waals surface area contributed by atoms with Gasteiger partial charge in [-0.05, 0) is 56.3 Å². The maximum atomic E-state index is 13.6. The van der Waals surface area contributed by atoms with Crippen LogP contribution in [0.5, 0.6) is 0 Å². The molecule has 0 bridgehead atoms. The van der Waals surface area contributed by atoms with Crippen molar-refractivity contribution in [3.8, 4) is 5.69 Å². The molecule has 4 aromatic rings. The molecule has 188 valence electrons. The summed E-state index contributed by atoms with van der Waals surface area (Å²) in [7, 11) is 1.87. The van der Waals surface area contributed by atoms with Crippen LogP contribution in [0, 0.1) is 18.8 Å². The molecule has 0 saturated carbocycles. The normalized spacial score (nSPS) is 18.7. The summed E-state index contributed by atoms with van der Waals surface area (Å²) >= 11 is 0. The van der Waals surface area contributed by atoms with Crippen LogP contribution in [0.1, 0.15) is 42.7 Å². The van der Waals surface area contributed by atoms with Crippen LogP contribution < -0.4 is 10.9 Å². The smallest absolute Gasteiger partial charge is 0.296 e. The van der Waals surface area contributed by atoms with E-state index >= 15 is 0 Å². The summed E-state index contributed by atoms with van der Waals surface area (Å²) in [6, 6.07) is 15.4. The lowest BCUT2D eigenvalue weighted by Gasteiger charge is -2.34. The minimum atomic E-state index is -0.252. The average Bonchev–Trinajstić information content (AvgIpc) is 3.15. The van der Waals surface area contributed by atoms with Crippen molar-refractivity contribution in [3.63, 3.8) is 0 Å². The number of amides is 1. The Hall–Kier alpha value is -3.45. The molecule has 0 unspecified atom stereocenters. The van der Waals surface area contributed by atoms with Crippen LogP contribution in [0.3, 0.4) is 0 Å². The average molecular weight is 486 g/mol. The van der Waals surface area contributed by atoms with Gasteiger partial charge in [-0.1, -0.05) is 49.7 Å². The molecule has 0 radical (unpaired) electrons. The summed E-state index contributed by atoms with van der Waals surface area (Å²) < 4.78 is 3.22. The second-order valence-electron chi connectivity index (χ2n) is 10.5. The fraction of sp³-hybridized carbons (Fsp3) is 0.414. The Bertz CT molecular complexity index is 1460. The van der Waals surface area contributed by atoms with Crippen LogP contribution in [0.25, 0.3) is 27.5 Å². The number of piperidine rings is 1. The van der Waals surface area contributed by atoms with Gasteiger partial charge < -0.3 is 14.8 Å². The van der Waals surface area contributed by atoms with Crippen molar-refractivity contribution < 1.29 is 4.79 Å². The minimum Gasteiger partial charge on any atom is -0.351 e. The summed E-state index contributed by atoms with van der Waals surface area (Å²) in [4.78, 5) is 29.6. The van der Waals surface area contributed by atoms with E-state index in [0.29, 0.717) is 23.1 Å². The molecule has 1 fully saturated rings. The van der Waals surface area contributed by atoms with Crippen molar-refractivity contribution in [2.75, 3.05) is 26.2 Å². The Kier molecular flexibility index (Phi) is 6.67. The number of hydrogen-bond acceptors (Lipinski definition) is 4. The number of benzene rings is 2. The molecule has 7 nitrogen and oxygen atoms in total. The zero-order valence-electron chi connectivity index (χ0n) is 21.6. The summed E-state index contributed by atoms with van der Waals surface area (Å²) in [5.74, 6) is 1.18. The highest BCUT2D eigenvalue weighted by Crippen LogP contribution is 2.28. The number of fused-ring (bicyclic) bond motifs is 3. The van der Waals surface area contributed by atoms with E-state index in [0.717, 1.165) is 54.4 Å². The van der Waals surface area contributed by atoms with E-state index in [9.17, 15) is 9.59 Å². The number of para-hydroxylation sites is 1. The van der Waals surface area contributed by atoms with Gasteiger partial charge in [0, 0.05) is 43.0 Å². The van der Waals surface area contributed by atoms with Crippen LogP contribution in [0.15, 0.2) is 53.3 Å². The summed E-state index contributed by atoms with van der Waals surface area (Å²) in [6.45, 7) is 10.4. The largest absolute Gasteiger partial charge is 0.351 e. The SMILES string of the molecule is Cc1ccc(-n2nc(C(=O)NCCCN3C[C@H](C)C[C@H](C)C3)c3c4ccccc4n(C)c3c2=O)cc1. The Morgan fingerprint density at radius 2 is 1.75 bits per heavy atom. The molecule has 1 aliphatic heterocycles. The van der Waals surface area contributed by atoms with Gasteiger partial charge in [-0.15, -0.1) is 0 Å². The van der Waals surface area contributed by atoms with Crippen LogP contribution >= 0.6 is 0 Å². The lowest BCUT2D eigenvalue weighted by Crippen LogP contribution is -2.40. The highest BCUT2D eigenvalue weighted by molar-refractivity contribution is 6.16. The molecule has 2 aromatic heterocycles. The maximum Gasteiger partial charge on any atom is 0.296 e. The van der Waals surface area contributed by atoms with Gasteiger partial charge in [0.05, 0.1) is 5.69 Å². The fourth-order valence-electron chi connectivity index (χ4n) is 5.76. The van der Waals surface area contributed by atoms with Gasteiger partial charge in [0.25, 0.3) is 11.5 Å². The van der Waals surface area contributed by atoms with Crippen molar-refractivity contribution in [2.24, 2.45) is 18.9 Å². The van der Waals surface area contributed by atoms with Crippen molar-refractivity contribution in [1.82, 2.24) is 24.6 Å². The molecular formula is C29H35N5O2. The molecular weight excluding hydrogens is 450 g/mol. The molecule has 36 heavy (non-hydrogen) atoms. The Balaban J connectivity index is 1.47. The first-order valence-corrected chi connectivity index (χ1v) is 12.9. The zero-order valence-corrected chi connectivity index (χ0v) is 21.6. The van der Waals surface area contributed by atoms with E-state index in [-0.39, 0.29) is 17.2 Å². The fourth-order valence-corrected chi connectivity index (χ4v) is 5.76. The lowest BCUT2D eigenvalue weighted by molar-refractivity contribution is 0.0942. The van der Waals surface area contributed by atoms with Crippen molar-refractivity contribution in [2.45, 2.75) is 33.6 Å². The maximum absolute atomic E-state index is 13.6. The molecule has 1 N–H and O–H groups in total. The molecule has 5 rings (SSSR count). The second-order valence-corrected chi connectivity index (χ2v) is 10.5. The molecule has 1 amide bonds. The molecule has 7 heteroatoms. The lowest BCUT2D eigenvalue weighted by atomic mass is 9.92. The molecule has 1 saturated heterocycles. The number of aromatic nitrogens is 3. The van der Waals surface area contributed by atoms with Crippen molar-refractivity contribution >= 4 is 27.7 Å². The first-order chi connectivity index (χ1) is 17.3. The van der Waals surface area contributed by atoms with Crippen molar-refractivity contribution in [3.05, 3.63) is 70.1 Å². The van der Waals surface area contributed by atoms with Gasteiger partial charge >= 0.3 is 0 Å². The van der Waals surface area contributed by atoms with Crippen LogP contribution in [-0.2, 0) is 7.05 Å². The van der Waals surface area contributed by atoms with E-state index in [1.807, 2.05) is 67.1 Å². The van der Waals surface area contributed by atoms with E-state index in [2.05, 4.69) is 29.2 Å². The quantitative estimate of drug-likeness (QED) is 0.414. The van der Waals surface area contributed by atoms with E-state index in [4.69, 9.17) is 0 Å². The van der Waals surface area contributed by atoms with E-state index in [1.54, 1.807) is 0 Å². The molecule has 0 aliphatic carbocycles. The predicted octanol–water partition coefficient (Wildman–Crippen LogP) is 4.28. The molecule has 2 atom stereocenters. The third kappa shape index (κ3) is 4.55. The Morgan fingerprint density at radius 1 is 1.06 bits per heavy atom. The minimum absolute atomic E-state index is 0.238. The van der Waals surface area contributed by atoms with Crippen LogP contribution in [-0.4, -0.2) is 51.3 Å². The first kappa shape index (κ1) is 24.3. The number of carbonyl (C=O) groups is 1. The van der Waals surface area contributed by atoms with Gasteiger partial charge in [0.1, 0.15) is 5.52 Å². The topological polar surface area (TPSA) is 72.2 Å². The third-order valence-electron chi connectivity index (χ3n) is 7.31. The number of carbonyl (C=O) groups excluding carboxylic acids is 1. The molecule has 1 aliphatic rings. The monoisotopic (exact) mass is 485 g/mol. The van der Waals surface area contributed by atoms with Crippen LogP contribution in [0.2, 0.25) is 0 Å². The standard InChI is InChI=1S/C29H35N5O2/c1-19-10-12-22(13-11-19)34-29(36)27-25(23-8-5-6-9-24(23)32(27)4)26(31-34)28(35)30-14-7-15-33-17-20(2)16-21(3)18-33/h5-6,8-13,20-21H,7,14-18H2,1-4H3,(H,30,35)/t20-,21+. The predicted molar refractivity (Wildman–Crippen MR) is 145 cm³/mol. The third-order valence-corrected chi connectivity index (χ3v) is 7.31. The highest BCUT2D eigenvalue weighted by Gasteiger charge is 2.24. The summed E-state index contributed by atoms with van der Waals surface area (Å²) in [5, 5.41) is 9.17. The number of rotatable bonds is 6. The molecule has 0 spiro atoms. The molecule has 3 heterocycles. The number of likely N-dealkylation sites (tertiary alicyclic amines) is 1. The van der Waals surface area contributed by atoms with Gasteiger partial charge in [-0.3, -0.25) is 9.59 Å². The van der Waals surface area contributed by atoms with Gasteiger partial charge in [-0.2, -0.15) is 9.78 Å². The van der Waals surface area contributed by atoms with Gasteiger partial charge in [0.15, 0.2) is 5.69 Å². The number of hydrogen-bond donors (Lipinski definition) is 1.